The van der Waals surface area contributed by atoms with Gasteiger partial charge in [0.05, 0.1) is 0 Å². The first-order valence-electron chi connectivity index (χ1n) is 16.2. The van der Waals surface area contributed by atoms with Crippen LogP contribution in [0.15, 0.2) is 121 Å². The number of nitrogens with zero attached hydrogens (tertiary/aromatic N) is 2. The molecule has 0 aliphatic heterocycles. The van der Waals surface area contributed by atoms with Crippen LogP contribution in [0, 0.1) is 55.4 Å². The molecule has 0 spiro atoms. The second kappa shape index (κ2) is 12.7. The maximum Gasteiger partial charge on any atom is 0.0491 e. The summed E-state index contributed by atoms with van der Waals surface area (Å²) in [5, 5.41) is 0. The van der Waals surface area contributed by atoms with E-state index < -0.39 is 0 Å². The summed E-state index contributed by atoms with van der Waals surface area (Å²) in [6.07, 6.45) is 0. The van der Waals surface area contributed by atoms with Crippen LogP contribution >= 0.6 is 0 Å². The molecule has 0 fully saturated rings. The van der Waals surface area contributed by atoms with Crippen molar-refractivity contribution in [1.82, 2.24) is 0 Å². The average Bonchev–Trinajstić information content (AvgIpc) is 3.00. The largest absolute Gasteiger partial charge is 0.310 e. The number of rotatable bonds is 7. The topological polar surface area (TPSA) is 6.48 Å². The first-order valence-corrected chi connectivity index (χ1v) is 16.2. The highest BCUT2D eigenvalue weighted by atomic mass is 15.1. The molecule has 2 nitrogen and oxygen atoms in total. The molecule has 46 heavy (non-hydrogen) atoms. The minimum atomic E-state index is 1.16. The molecule has 0 amide bonds. The molecule has 6 rings (SSSR count). The van der Waals surface area contributed by atoms with Crippen LogP contribution in [0.2, 0.25) is 0 Å². The highest BCUT2D eigenvalue weighted by Crippen LogP contribution is 2.41. The minimum Gasteiger partial charge on any atom is -0.310 e. The Morgan fingerprint density at radius 3 is 0.913 bits per heavy atom. The van der Waals surface area contributed by atoms with Crippen molar-refractivity contribution < 1.29 is 0 Å². The van der Waals surface area contributed by atoms with E-state index in [-0.39, 0.29) is 0 Å². The number of aryl methyl sites for hydroxylation is 8. The summed E-state index contributed by atoms with van der Waals surface area (Å²) in [5.41, 5.74) is 19.5. The van der Waals surface area contributed by atoms with Gasteiger partial charge in [0.25, 0.3) is 0 Å². The Bertz CT molecular complexity index is 1830. The van der Waals surface area contributed by atoms with Gasteiger partial charge in [0.15, 0.2) is 0 Å². The second-order valence-electron chi connectivity index (χ2n) is 13.0. The summed E-state index contributed by atoms with van der Waals surface area (Å²) in [6, 6.07) is 45.0. The second-order valence-corrected chi connectivity index (χ2v) is 13.0. The summed E-state index contributed by atoms with van der Waals surface area (Å²) in [7, 11) is 0. The van der Waals surface area contributed by atoms with E-state index in [9.17, 15) is 0 Å². The van der Waals surface area contributed by atoms with Gasteiger partial charge in [0.1, 0.15) is 0 Å². The number of anilines is 6. The van der Waals surface area contributed by atoms with Crippen LogP contribution in [-0.2, 0) is 0 Å². The van der Waals surface area contributed by atoms with Crippen molar-refractivity contribution in [3.8, 4) is 11.1 Å². The number of benzene rings is 6. The molecule has 0 radical (unpaired) electrons. The van der Waals surface area contributed by atoms with E-state index in [1.54, 1.807) is 0 Å². The Morgan fingerprint density at radius 2 is 0.609 bits per heavy atom. The zero-order chi connectivity index (χ0) is 32.5. The molecule has 0 N–H and O–H groups in total. The van der Waals surface area contributed by atoms with Crippen LogP contribution in [0.1, 0.15) is 44.5 Å². The van der Waals surface area contributed by atoms with E-state index in [0.29, 0.717) is 0 Å². The average molecular weight is 601 g/mol. The molecule has 0 unspecified atom stereocenters. The summed E-state index contributed by atoms with van der Waals surface area (Å²) >= 11 is 0. The Hall–Kier alpha value is -5.08. The van der Waals surface area contributed by atoms with Gasteiger partial charge in [-0.15, -0.1) is 0 Å². The summed E-state index contributed by atoms with van der Waals surface area (Å²) in [5.74, 6) is 0. The van der Waals surface area contributed by atoms with Crippen molar-refractivity contribution in [2.24, 2.45) is 0 Å². The maximum atomic E-state index is 2.39. The van der Waals surface area contributed by atoms with Crippen molar-refractivity contribution in [1.29, 1.82) is 0 Å². The maximum absolute atomic E-state index is 2.39. The van der Waals surface area contributed by atoms with Crippen LogP contribution in [0.5, 0.6) is 0 Å². The third-order valence-corrected chi connectivity index (χ3v) is 8.72. The highest BCUT2D eigenvalue weighted by molar-refractivity contribution is 5.83. The summed E-state index contributed by atoms with van der Waals surface area (Å²) in [4.78, 5) is 4.77. The van der Waals surface area contributed by atoms with E-state index >= 15 is 0 Å². The molecule has 6 aromatic carbocycles. The summed E-state index contributed by atoms with van der Waals surface area (Å²) < 4.78 is 0. The van der Waals surface area contributed by atoms with Crippen LogP contribution in [0.25, 0.3) is 11.1 Å². The highest BCUT2D eigenvalue weighted by Gasteiger charge is 2.18. The zero-order valence-corrected chi connectivity index (χ0v) is 28.4. The third kappa shape index (κ3) is 6.48. The lowest BCUT2D eigenvalue weighted by molar-refractivity contribution is 1.22. The van der Waals surface area contributed by atoms with Crippen molar-refractivity contribution in [2.45, 2.75) is 55.4 Å². The molecule has 0 bridgehead atoms. The van der Waals surface area contributed by atoms with Gasteiger partial charge in [-0.05, 0) is 173 Å². The van der Waals surface area contributed by atoms with Gasteiger partial charge in [-0.1, -0.05) is 59.7 Å². The first kappa shape index (κ1) is 30.9. The van der Waals surface area contributed by atoms with Gasteiger partial charge >= 0.3 is 0 Å². The lowest BCUT2D eigenvalue weighted by Crippen LogP contribution is -2.12. The Kier molecular flexibility index (Phi) is 8.56. The van der Waals surface area contributed by atoms with Crippen molar-refractivity contribution in [2.75, 3.05) is 9.80 Å². The normalized spacial score (nSPS) is 11.0. The fourth-order valence-corrected chi connectivity index (χ4v) is 6.57. The fraction of sp³-hybridized carbons (Fsp3) is 0.182. The van der Waals surface area contributed by atoms with E-state index in [0.717, 1.165) is 11.4 Å². The summed E-state index contributed by atoms with van der Waals surface area (Å²) in [6.45, 7) is 17.4. The monoisotopic (exact) mass is 600 g/mol. The fourth-order valence-electron chi connectivity index (χ4n) is 6.57. The van der Waals surface area contributed by atoms with Gasteiger partial charge in [-0.2, -0.15) is 0 Å². The standard InChI is InChI=1S/C44H44N2/c1-29-9-15-39(16-10-29)45(41-23-31(3)21-32(4)24-41)43-19-13-37(27-35(43)7)38-14-20-44(36(8)28-38)46(40-17-11-30(2)12-18-40)42-25-33(5)22-34(6)26-42/h9-28H,1-8H3. The molecule has 0 atom stereocenters. The molecule has 0 aliphatic rings. The van der Waals surface area contributed by atoms with E-state index in [1.807, 2.05) is 0 Å². The smallest absolute Gasteiger partial charge is 0.0491 e. The van der Waals surface area contributed by atoms with Crippen LogP contribution in [0.3, 0.4) is 0 Å². The Balaban J connectivity index is 1.41. The molecule has 2 heteroatoms. The predicted octanol–water partition coefficient (Wildman–Crippen LogP) is 12.8. The lowest BCUT2D eigenvalue weighted by atomic mass is 9.98. The van der Waals surface area contributed by atoms with Crippen molar-refractivity contribution in [3.63, 3.8) is 0 Å². The van der Waals surface area contributed by atoms with Crippen LogP contribution in [-0.4, -0.2) is 0 Å². The van der Waals surface area contributed by atoms with Gasteiger partial charge in [0, 0.05) is 34.1 Å². The number of hydrogen-bond acceptors (Lipinski definition) is 2. The molecule has 0 saturated carbocycles. The number of hydrogen-bond donors (Lipinski definition) is 0. The van der Waals surface area contributed by atoms with Gasteiger partial charge in [-0.25, -0.2) is 0 Å². The van der Waals surface area contributed by atoms with Gasteiger partial charge in [0.2, 0.25) is 0 Å². The molecule has 0 aliphatic carbocycles. The molecule has 0 saturated heterocycles. The first-order chi connectivity index (χ1) is 22.0. The lowest BCUT2D eigenvalue weighted by Gasteiger charge is -2.29. The SMILES string of the molecule is Cc1ccc(N(c2cc(C)cc(C)c2)c2ccc(-c3ccc(N(c4ccc(C)cc4)c4cc(C)cc(C)c4)c(C)c3)cc2C)cc1. The van der Waals surface area contributed by atoms with E-state index in [2.05, 4.69) is 187 Å². The zero-order valence-electron chi connectivity index (χ0n) is 28.4. The Morgan fingerprint density at radius 1 is 0.283 bits per heavy atom. The van der Waals surface area contributed by atoms with Gasteiger partial charge in [-0.3, -0.25) is 0 Å². The van der Waals surface area contributed by atoms with Crippen LogP contribution < -0.4 is 9.80 Å². The quantitative estimate of drug-likeness (QED) is 0.180. The van der Waals surface area contributed by atoms with Crippen LogP contribution in [0.4, 0.5) is 34.1 Å². The molecule has 6 aromatic rings. The molecular formula is C44H44N2. The molecule has 0 heterocycles. The third-order valence-electron chi connectivity index (χ3n) is 8.72. The molecule has 230 valence electrons. The van der Waals surface area contributed by atoms with E-state index in [4.69, 9.17) is 0 Å². The predicted molar refractivity (Wildman–Crippen MR) is 199 cm³/mol. The minimum absolute atomic E-state index is 1.16. The van der Waals surface area contributed by atoms with E-state index in [1.165, 1.54) is 78.4 Å². The van der Waals surface area contributed by atoms with Crippen molar-refractivity contribution >= 4 is 34.1 Å². The van der Waals surface area contributed by atoms with Gasteiger partial charge < -0.3 is 9.80 Å². The molecular weight excluding hydrogens is 556 g/mol. The Labute approximate surface area is 275 Å². The molecule has 0 aromatic heterocycles. The van der Waals surface area contributed by atoms with Crippen molar-refractivity contribution in [3.05, 3.63) is 166 Å².